The molecule has 0 radical (unpaired) electrons. The summed E-state index contributed by atoms with van der Waals surface area (Å²) in [4.78, 5) is 0. The Kier molecular flexibility index (Phi) is 5.51. The van der Waals surface area contributed by atoms with E-state index < -0.39 is 0 Å². The van der Waals surface area contributed by atoms with Gasteiger partial charge in [-0.2, -0.15) is 0 Å². The Bertz CT molecular complexity index is 350. The van der Waals surface area contributed by atoms with Crippen molar-refractivity contribution in [2.75, 3.05) is 0 Å². The summed E-state index contributed by atoms with van der Waals surface area (Å²) in [6.07, 6.45) is 14.4. The van der Waals surface area contributed by atoms with E-state index in [1.165, 1.54) is 50.5 Å². The van der Waals surface area contributed by atoms with Crippen LogP contribution in [-0.2, 0) is 0 Å². The second kappa shape index (κ2) is 7.41. The van der Waals surface area contributed by atoms with Crippen molar-refractivity contribution in [3.63, 3.8) is 0 Å². The first-order valence-corrected chi connectivity index (χ1v) is 7.61. The van der Waals surface area contributed by atoms with E-state index in [4.69, 9.17) is 0 Å². The fourth-order valence-electron chi connectivity index (χ4n) is 3.02. The molecule has 0 fully saturated rings. The van der Waals surface area contributed by atoms with Crippen molar-refractivity contribution in [1.29, 1.82) is 0 Å². The van der Waals surface area contributed by atoms with E-state index in [0.29, 0.717) is 0 Å². The summed E-state index contributed by atoms with van der Waals surface area (Å²) in [6.45, 7) is 2.28. The molecule has 1 aromatic carbocycles. The van der Waals surface area contributed by atoms with E-state index in [1.54, 1.807) is 0 Å². The molecule has 0 amide bonds. The molecule has 0 saturated heterocycles. The number of allylic oxidation sites excluding steroid dienone is 2. The van der Waals surface area contributed by atoms with Gasteiger partial charge in [0.25, 0.3) is 0 Å². The van der Waals surface area contributed by atoms with Gasteiger partial charge in [0.05, 0.1) is 0 Å². The minimum Gasteiger partial charge on any atom is -0.0877 e. The minimum absolute atomic E-state index is 0.757. The van der Waals surface area contributed by atoms with Crippen molar-refractivity contribution in [3.05, 3.63) is 48.0 Å². The smallest absolute Gasteiger partial charge is 0.0122 e. The Morgan fingerprint density at radius 2 is 1.89 bits per heavy atom. The number of benzene rings is 1. The molecule has 0 spiro atoms. The Morgan fingerprint density at radius 1 is 1.06 bits per heavy atom. The van der Waals surface area contributed by atoms with Gasteiger partial charge in [-0.15, -0.1) is 0 Å². The summed E-state index contributed by atoms with van der Waals surface area (Å²) in [7, 11) is 0. The van der Waals surface area contributed by atoms with Crippen LogP contribution in [0.3, 0.4) is 0 Å². The van der Waals surface area contributed by atoms with Crippen molar-refractivity contribution in [2.45, 2.75) is 57.8 Å². The van der Waals surface area contributed by atoms with Crippen LogP contribution in [0.2, 0.25) is 0 Å². The molecule has 2 rings (SSSR count). The van der Waals surface area contributed by atoms with Crippen LogP contribution in [0.5, 0.6) is 0 Å². The van der Waals surface area contributed by atoms with Crippen molar-refractivity contribution < 1.29 is 0 Å². The highest BCUT2D eigenvalue weighted by molar-refractivity contribution is 5.22. The summed E-state index contributed by atoms with van der Waals surface area (Å²) < 4.78 is 0. The Labute approximate surface area is 112 Å². The van der Waals surface area contributed by atoms with Crippen molar-refractivity contribution in [2.24, 2.45) is 5.92 Å². The van der Waals surface area contributed by atoms with E-state index in [2.05, 4.69) is 49.4 Å². The largest absolute Gasteiger partial charge is 0.0877 e. The highest BCUT2D eigenvalue weighted by Gasteiger charge is 2.18. The molecular weight excluding hydrogens is 216 g/mol. The molecule has 0 bridgehead atoms. The standard InChI is InChI=1S/C18H26/c1-2-3-4-6-10-16-11-9-14-18(15-16)17-12-7-5-8-13-17/h5,7-9,11-13,16,18H,2-4,6,10,14-15H2,1H3/t16-,18+/m1/s1. The zero-order chi connectivity index (χ0) is 12.6. The predicted molar refractivity (Wildman–Crippen MR) is 79.8 cm³/mol. The first-order chi connectivity index (χ1) is 8.90. The lowest BCUT2D eigenvalue weighted by Crippen LogP contribution is -2.10. The van der Waals surface area contributed by atoms with E-state index in [0.717, 1.165) is 11.8 Å². The van der Waals surface area contributed by atoms with Crippen LogP contribution in [0.1, 0.15) is 63.4 Å². The van der Waals surface area contributed by atoms with Crippen LogP contribution >= 0.6 is 0 Å². The molecule has 0 unspecified atom stereocenters. The normalized spacial score (nSPS) is 23.2. The minimum atomic E-state index is 0.757. The van der Waals surface area contributed by atoms with Gasteiger partial charge < -0.3 is 0 Å². The number of unbranched alkanes of at least 4 members (excludes halogenated alkanes) is 3. The molecule has 1 aliphatic carbocycles. The Balaban J connectivity index is 1.81. The highest BCUT2D eigenvalue weighted by Crippen LogP contribution is 2.34. The summed E-state index contributed by atoms with van der Waals surface area (Å²) >= 11 is 0. The van der Waals surface area contributed by atoms with Gasteiger partial charge in [0.15, 0.2) is 0 Å². The van der Waals surface area contributed by atoms with Gasteiger partial charge in [0, 0.05) is 0 Å². The second-order valence-corrected chi connectivity index (χ2v) is 5.62. The third-order valence-electron chi connectivity index (χ3n) is 4.12. The maximum Gasteiger partial charge on any atom is -0.0122 e. The second-order valence-electron chi connectivity index (χ2n) is 5.62. The van der Waals surface area contributed by atoms with Gasteiger partial charge in [0.2, 0.25) is 0 Å². The van der Waals surface area contributed by atoms with Gasteiger partial charge in [0.1, 0.15) is 0 Å². The molecule has 0 nitrogen and oxygen atoms in total. The topological polar surface area (TPSA) is 0 Å². The summed E-state index contributed by atoms with van der Waals surface area (Å²) in [6, 6.07) is 11.0. The first-order valence-electron chi connectivity index (χ1n) is 7.61. The predicted octanol–water partition coefficient (Wildman–Crippen LogP) is 5.71. The van der Waals surface area contributed by atoms with Crippen LogP contribution in [0.25, 0.3) is 0 Å². The van der Waals surface area contributed by atoms with Gasteiger partial charge in [-0.1, -0.05) is 75.1 Å². The van der Waals surface area contributed by atoms with E-state index in [-0.39, 0.29) is 0 Å². The Morgan fingerprint density at radius 3 is 2.67 bits per heavy atom. The van der Waals surface area contributed by atoms with Crippen molar-refractivity contribution in [1.82, 2.24) is 0 Å². The third-order valence-corrected chi connectivity index (χ3v) is 4.12. The molecule has 1 aromatic rings. The van der Waals surface area contributed by atoms with Crippen LogP contribution in [0, 0.1) is 5.92 Å². The quantitative estimate of drug-likeness (QED) is 0.443. The number of rotatable bonds is 6. The first kappa shape index (κ1) is 13.4. The van der Waals surface area contributed by atoms with Crippen molar-refractivity contribution in [3.8, 4) is 0 Å². The number of hydrogen-bond donors (Lipinski definition) is 0. The molecule has 0 aromatic heterocycles. The SMILES string of the molecule is CCCCCC[C@@H]1C=CC[C@H](c2ccccc2)C1. The molecular formula is C18H26. The van der Waals surface area contributed by atoms with E-state index in [1.807, 2.05) is 0 Å². The molecule has 0 saturated carbocycles. The average molecular weight is 242 g/mol. The van der Waals surface area contributed by atoms with Crippen molar-refractivity contribution >= 4 is 0 Å². The zero-order valence-electron chi connectivity index (χ0n) is 11.6. The molecule has 1 aliphatic rings. The van der Waals surface area contributed by atoms with E-state index >= 15 is 0 Å². The van der Waals surface area contributed by atoms with Gasteiger partial charge >= 0.3 is 0 Å². The zero-order valence-corrected chi connectivity index (χ0v) is 11.6. The van der Waals surface area contributed by atoms with Crippen LogP contribution in [0.4, 0.5) is 0 Å². The Hall–Kier alpha value is -1.04. The fraction of sp³-hybridized carbons (Fsp3) is 0.556. The van der Waals surface area contributed by atoms with E-state index in [9.17, 15) is 0 Å². The molecule has 0 N–H and O–H groups in total. The monoisotopic (exact) mass is 242 g/mol. The summed E-state index contributed by atoms with van der Waals surface area (Å²) in [5.74, 6) is 1.58. The fourth-order valence-corrected chi connectivity index (χ4v) is 3.02. The molecule has 0 heterocycles. The van der Waals surface area contributed by atoms with Crippen LogP contribution < -0.4 is 0 Å². The average Bonchev–Trinajstić information content (AvgIpc) is 2.45. The molecule has 98 valence electrons. The maximum atomic E-state index is 2.46. The third kappa shape index (κ3) is 4.01. The van der Waals surface area contributed by atoms with Gasteiger partial charge in [-0.05, 0) is 36.7 Å². The summed E-state index contributed by atoms with van der Waals surface area (Å²) in [5, 5.41) is 0. The molecule has 18 heavy (non-hydrogen) atoms. The lowest BCUT2D eigenvalue weighted by molar-refractivity contribution is 0.438. The maximum absolute atomic E-state index is 2.46. The molecule has 0 heteroatoms. The lowest BCUT2D eigenvalue weighted by Gasteiger charge is -2.25. The van der Waals surface area contributed by atoms with Gasteiger partial charge in [-0.25, -0.2) is 0 Å². The summed E-state index contributed by atoms with van der Waals surface area (Å²) in [5.41, 5.74) is 1.53. The molecule has 0 aliphatic heterocycles. The highest BCUT2D eigenvalue weighted by atomic mass is 14.2. The van der Waals surface area contributed by atoms with Crippen LogP contribution in [-0.4, -0.2) is 0 Å². The number of hydrogen-bond acceptors (Lipinski definition) is 0. The lowest BCUT2D eigenvalue weighted by atomic mass is 9.80. The van der Waals surface area contributed by atoms with Crippen LogP contribution in [0.15, 0.2) is 42.5 Å². The molecule has 2 atom stereocenters. The van der Waals surface area contributed by atoms with Gasteiger partial charge in [-0.3, -0.25) is 0 Å².